The van der Waals surface area contributed by atoms with E-state index in [1.54, 1.807) is 48.5 Å². The molecule has 8 heteroatoms. The first-order valence-electron chi connectivity index (χ1n) is 12.0. The Labute approximate surface area is 216 Å². The summed E-state index contributed by atoms with van der Waals surface area (Å²) >= 11 is 0. The minimum Gasteiger partial charge on any atom is -0.482 e. The molecule has 0 saturated carbocycles. The summed E-state index contributed by atoms with van der Waals surface area (Å²) in [5.74, 6) is -0.532. The SMILES string of the molecule is C=C(CC)C(=O)c1ccc(OCC(=O)OCCCOC(=O)COc2ccc(C(=O)C(=C)CC)cc2)cc1. The second-order valence-electron chi connectivity index (χ2n) is 7.99. The zero-order chi connectivity index (χ0) is 27.2. The van der Waals surface area contributed by atoms with Crippen LogP contribution >= 0.6 is 0 Å². The van der Waals surface area contributed by atoms with Crippen molar-refractivity contribution in [2.24, 2.45) is 0 Å². The van der Waals surface area contributed by atoms with E-state index in [1.807, 2.05) is 13.8 Å². The second-order valence-corrected chi connectivity index (χ2v) is 7.99. The first-order chi connectivity index (χ1) is 17.7. The summed E-state index contributed by atoms with van der Waals surface area (Å²) in [4.78, 5) is 47.8. The van der Waals surface area contributed by atoms with E-state index >= 15 is 0 Å². The number of benzene rings is 2. The summed E-state index contributed by atoms with van der Waals surface area (Å²) in [7, 11) is 0. The molecule has 0 bridgehead atoms. The van der Waals surface area contributed by atoms with Crippen molar-refractivity contribution in [1.82, 2.24) is 0 Å². The molecular weight excluding hydrogens is 476 g/mol. The van der Waals surface area contributed by atoms with Gasteiger partial charge in [-0.3, -0.25) is 9.59 Å². The molecule has 0 N–H and O–H groups in total. The van der Waals surface area contributed by atoms with Crippen molar-refractivity contribution in [3.05, 3.63) is 84.0 Å². The van der Waals surface area contributed by atoms with Crippen LogP contribution in [0.1, 0.15) is 53.8 Å². The number of carbonyl (C=O) groups is 4. The molecule has 0 aliphatic rings. The standard InChI is InChI=1S/C29H32O8/c1-5-20(3)28(32)22-8-12-24(13-9-22)36-18-26(30)34-16-7-17-35-27(31)19-37-25-14-10-23(11-15-25)29(33)21(4)6-2/h8-15H,3-7,16-19H2,1-2H3. The molecule has 0 spiro atoms. The third-order valence-corrected chi connectivity index (χ3v) is 5.26. The number of esters is 2. The number of hydrogen-bond acceptors (Lipinski definition) is 8. The van der Waals surface area contributed by atoms with Crippen LogP contribution in [0, 0.1) is 0 Å². The summed E-state index contributed by atoms with van der Waals surface area (Å²) in [5, 5.41) is 0. The lowest BCUT2D eigenvalue weighted by atomic mass is 10.0. The highest BCUT2D eigenvalue weighted by Crippen LogP contribution is 2.17. The first-order valence-corrected chi connectivity index (χ1v) is 12.0. The molecule has 0 unspecified atom stereocenters. The molecule has 2 aromatic rings. The van der Waals surface area contributed by atoms with Gasteiger partial charge < -0.3 is 18.9 Å². The highest BCUT2D eigenvalue weighted by molar-refractivity contribution is 6.08. The van der Waals surface area contributed by atoms with Crippen molar-refractivity contribution in [2.75, 3.05) is 26.4 Å². The Balaban J connectivity index is 1.59. The Morgan fingerprint density at radius 3 is 1.30 bits per heavy atom. The van der Waals surface area contributed by atoms with E-state index in [0.717, 1.165) is 0 Å². The summed E-state index contributed by atoms with van der Waals surface area (Å²) in [6.45, 7) is 10.7. The van der Waals surface area contributed by atoms with Gasteiger partial charge in [0.05, 0.1) is 13.2 Å². The Morgan fingerprint density at radius 1 is 0.622 bits per heavy atom. The average molecular weight is 509 g/mol. The Kier molecular flexibility index (Phi) is 11.8. The van der Waals surface area contributed by atoms with E-state index in [-0.39, 0.29) is 38.0 Å². The van der Waals surface area contributed by atoms with E-state index in [1.165, 1.54) is 0 Å². The molecule has 0 saturated heterocycles. The van der Waals surface area contributed by atoms with E-state index in [4.69, 9.17) is 18.9 Å². The summed E-state index contributed by atoms with van der Waals surface area (Å²) in [6.07, 6.45) is 1.46. The molecule has 0 amide bonds. The van der Waals surface area contributed by atoms with Crippen LogP contribution in [0.15, 0.2) is 72.8 Å². The monoisotopic (exact) mass is 508 g/mol. The Morgan fingerprint density at radius 2 is 0.973 bits per heavy atom. The predicted octanol–water partition coefficient (Wildman–Crippen LogP) is 4.92. The van der Waals surface area contributed by atoms with Crippen LogP contribution in [0.4, 0.5) is 0 Å². The molecule has 0 heterocycles. The molecule has 8 nitrogen and oxygen atoms in total. The van der Waals surface area contributed by atoms with Crippen LogP contribution in [-0.4, -0.2) is 49.9 Å². The number of rotatable bonds is 16. The fourth-order valence-electron chi connectivity index (χ4n) is 2.93. The summed E-state index contributed by atoms with van der Waals surface area (Å²) in [6, 6.07) is 12.9. The number of carbonyl (C=O) groups excluding carboxylic acids is 4. The van der Waals surface area contributed by atoms with E-state index < -0.39 is 11.9 Å². The smallest absolute Gasteiger partial charge is 0.344 e. The van der Waals surface area contributed by atoms with Gasteiger partial charge in [-0.25, -0.2) is 9.59 Å². The maximum Gasteiger partial charge on any atom is 0.344 e. The van der Waals surface area contributed by atoms with Crippen molar-refractivity contribution in [2.45, 2.75) is 33.1 Å². The lowest BCUT2D eigenvalue weighted by molar-refractivity contribution is -0.148. The Hall–Kier alpha value is -4.20. The summed E-state index contributed by atoms with van der Waals surface area (Å²) in [5.41, 5.74) is 2.05. The van der Waals surface area contributed by atoms with Gasteiger partial charge in [0.2, 0.25) is 0 Å². The molecule has 0 atom stereocenters. The lowest BCUT2D eigenvalue weighted by Gasteiger charge is -2.09. The van der Waals surface area contributed by atoms with Gasteiger partial charge in [-0.15, -0.1) is 0 Å². The first kappa shape index (κ1) is 29.0. The van der Waals surface area contributed by atoms with E-state index in [0.29, 0.717) is 53.0 Å². The highest BCUT2D eigenvalue weighted by Gasteiger charge is 2.11. The van der Waals surface area contributed by atoms with Gasteiger partial charge in [0.15, 0.2) is 24.8 Å². The third-order valence-electron chi connectivity index (χ3n) is 5.26. The minimum atomic E-state index is -0.571. The zero-order valence-electron chi connectivity index (χ0n) is 21.2. The molecule has 2 aromatic carbocycles. The van der Waals surface area contributed by atoms with Crippen molar-refractivity contribution >= 4 is 23.5 Å². The molecule has 37 heavy (non-hydrogen) atoms. The van der Waals surface area contributed by atoms with Crippen LogP contribution in [0.5, 0.6) is 11.5 Å². The van der Waals surface area contributed by atoms with Crippen molar-refractivity contribution in [1.29, 1.82) is 0 Å². The van der Waals surface area contributed by atoms with Crippen LogP contribution < -0.4 is 9.47 Å². The zero-order valence-corrected chi connectivity index (χ0v) is 21.2. The van der Waals surface area contributed by atoms with Gasteiger partial charge in [0.1, 0.15) is 11.5 Å². The van der Waals surface area contributed by atoms with E-state index in [9.17, 15) is 19.2 Å². The largest absolute Gasteiger partial charge is 0.482 e. The highest BCUT2D eigenvalue weighted by atomic mass is 16.6. The van der Waals surface area contributed by atoms with Crippen molar-refractivity contribution in [3.63, 3.8) is 0 Å². The van der Waals surface area contributed by atoms with Gasteiger partial charge in [-0.1, -0.05) is 27.0 Å². The third kappa shape index (κ3) is 9.76. The van der Waals surface area contributed by atoms with Gasteiger partial charge in [-0.05, 0) is 72.5 Å². The van der Waals surface area contributed by atoms with Crippen LogP contribution in [0.25, 0.3) is 0 Å². The molecule has 0 aromatic heterocycles. The van der Waals surface area contributed by atoms with Gasteiger partial charge in [0, 0.05) is 17.5 Å². The second kappa shape index (κ2) is 15.0. The van der Waals surface area contributed by atoms with Crippen molar-refractivity contribution in [3.8, 4) is 11.5 Å². The lowest BCUT2D eigenvalue weighted by Crippen LogP contribution is -2.18. The number of allylic oxidation sites excluding steroid dienone is 2. The quantitative estimate of drug-likeness (QED) is 0.136. The number of Topliss-reactive ketones (excluding diaryl/α,β-unsaturated/α-hetero) is 2. The van der Waals surface area contributed by atoms with E-state index in [2.05, 4.69) is 13.2 Å². The Bertz CT molecular complexity index is 1020. The van der Waals surface area contributed by atoms with Crippen molar-refractivity contribution < 1.29 is 38.1 Å². The molecule has 0 fully saturated rings. The van der Waals surface area contributed by atoms with Crippen LogP contribution in [-0.2, 0) is 19.1 Å². The molecule has 196 valence electrons. The molecule has 2 rings (SSSR count). The van der Waals surface area contributed by atoms with Crippen LogP contribution in [0.3, 0.4) is 0 Å². The topological polar surface area (TPSA) is 105 Å². The number of ketones is 2. The molecule has 0 radical (unpaired) electrons. The maximum atomic E-state index is 12.1. The van der Waals surface area contributed by atoms with Gasteiger partial charge in [0.25, 0.3) is 0 Å². The predicted molar refractivity (Wildman–Crippen MR) is 138 cm³/mol. The molecular formula is C29H32O8. The number of hydrogen-bond donors (Lipinski definition) is 0. The molecule has 0 aliphatic heterocycles. The normalized spacial score (nSPS) is 10.2. The molecule has 0 aliphatic carbocycles. The summed E-state index contributed by atoms with van der Waals surface area (Å²) < 4.78 is 20.8. The average Bonchev–Trinajstić information content (AvgIpc) is 2.93. The number of ether oxygens (including phenoxy) is 4. The van der Waals surface area contributed by atoms with Gasteiger partial charge in [-0.2, -0.15) is 0 Å². The maximum absolute atomic E-state index is 12.1. The fourth-order valence-corrected chi connectivity index (χ4v) is 2.93. The fraction of sp³-hybridized carbons (Fsp3) is 0.310. The van der Waals surface area contributed by atoms with Gasteiger partial charge >= 0.3 is 11.9 Å². The minimum absolute atomic E-state index is 0.0570. The van der Waals surface area contributed by atoms with Crippen LogP contribution in [0.2, 0.25) is 0 Å².